The van der Waals surface area contributed by atoms with Crippen LogP contribution in [-0.4, -0.2) is 18.8 Å². The van der Waals surface area contributed by atoms with Crippen LogP contribution in [0.15, 0.2) is 12.1 Å². The first-order valence-corrected chi connectivity index (χ1v) is 6.11. The van der Waals surface area contributed by atoms with Gasteiger partial charge in [-0.3, -0.25) is 0 Å². The van der Waals surface area contributed by atoms with E-state index < -0.39 is 0 Å². The Morgan fingerprint density at radius 2 is 2.25 bits per heavy atom. The van der Waals surface area contributed by atoms with Crippen molar-refractivity contribution in [2.75, 3.05) is 13.7 Å². The van der Waals surface area contributed by atoms with Crippen molar-refractivity contribution in [1.82, 2.24) is 0 Å². The molecule has 16 heavy (non-hydrogen) atoms. The van der Waals surface area contributed by atoms with Crippen molar-refractivity contribution in [3.05, 3.63) is 26.3 Å². The SMILES string of the molecule is COOCCC(N)c1cc(Cl)cc(I)c1O. The van der Waals surface area contributed by atoms with Crippen molar-refractivity contribution in [2.24, 2.45) is 5.73 Å². The van der Waals surface area contributed by atoms with Gasteiger partial charge in [0.25, 0.3) is 0 Å². The lowest BCUT2D eigenvalue weighted by atomic mass is 10.0. The van der Waals surface area contributed by atoms with Crippen molar-refractivity contribution in [3.8, 4) is 5.75 Å². The third-order valence-corrected chi connectivity index (χ3v) is 3.13. The molecule has 1 unspecified atom stereocenters. The first-order chi connectivity index (χ1) is 7.56. The van der Waals surface area contributed by atoms with Crippen LogP contribution >= 0.6 is 34.2 Å². The number of rotatable bonds is 5. The molecule has 0 aliphatic carbocycles. The number of phenols is 1. The Balaban J connectivity index is 2.78. The monoisotopic (exact) mass is 357 g/mol. The molecule has 0 aromatic heterocycles. The minimum Gasteiger partial charge on any atom is -0.506 e. The fraction of sp³-hybridized carbons (Fsp3) is 0.400. The number of aromatic hydroxyl groups is 1. The third kappa shape index (κ3) is 3.74. The second-order valence-electron chi connectivity index (χ2n) is 3.21. The van der Waals surface area contributed by atoms with Gasteiger partial charge in [0.15, 0.2) is 0 Å². The molecule has 3 N–H and O–H groups in total. The number of phenolic OH excluding ortho intramolecular Hbond substituents is 1. The third-order valence-electron chi connectivity index (χ3n) is 2.09. The lowest BCUT2D eigenvalue weighted by Gasteiger charge is -2.14. The molecule has 1 aromatic rings. The Labute approximate surface area is 113 Å². The summed E-state index contributed by atoms with van der Waals surface area (Å²) in [6.07, 6.45) is 0.540. The lowest BCUT2D eigenvalue weighted by Crippen LogP contribution is -2.13. The summed E-state index contributed by atoms with van der Waals surface area (Å²) in [7, 11) is 1.44. The summed E-state index contributed by atoms with van der Waals surface area (Å²) in [6, 6.07) is 3.01. The highest BCUT2D eigenvalue weighted by molar-refractivity contribution is 14.1. The van der Waals surface area contributed by atoms with Gasteiger partial charge in [0.1, 0.15) is 5.75 Å². The molecule has 0 spiro atoms. The van der Waals surface area contributed by atoms with E-state index in [0.717, 1.165) is 0 Å². The van der Waals surface area contributed by atoms with E-state index in [1.54, 1.807) is 12.1 Å². The second-order valence-corrected chi connectivity index (χ2v) is 4.81. The van der Waals surface area contributed by atoms with Crippen molar-refractivity contribution in [2.45, 2.75) is 12.5 Å². The first kappa shape index (κ1) is 14.0. The fourth-order valence-corrected chi connectivity index (χ4v) is 2.34. The topological polar surface area (TPSA) is 64.7 Å². The van der Waals surface area contributed by atoms with Crippen molar-refractivity contribution >= 4 is 34.2 Å². The highest BCUT2D eigenvalue weighted by atomic mass is 127. The van der Waals surface area contributed by atoms with Crippen LogP contribution in [0.5, 0.6) is 5.75 Å². The standard InChI is InChI=1S/C10H13ClINO3/c1-15-16-3-2-9(13)7-4-6(11)5-8(12)10(7)14/h4-5,9,14H,2-3,13H2,1H3. The van der Waals surface area contributed by atoms with Crippen LogP contribution in [0.3, 0.4) is 0 Å². The molecule has 4 nitrogen and oxygen atoms in total. The molecule has 0 aliphatic rings. The Morgan fingerprint density at radius 3 is 2.88 bits per heavy atom. The molecule has 0 amide bonds. The molecular formula is C10H13ClINO3. The molecule has 1 aromatic carbocycles. The molecule has 0 bridgehead atoms. The maximum Gasteiger partial charge on any atom is 0.133 e. The van der Waals surface area contributed by atoms with Gasteiger partial charge >= 0.3 is 0 Å². The number of hydrogen-bond donors (Lipinski definition) is 2. The van der Waals surface area contributed by atoms with Gasteiger partial charge in [-0.2, -0.15) is 0 Å². The Kier molecular flexibility index (Phi) is 5.77. The van der Waals surface area contributed by atoms with E-state index >= 15 is 0 Å². The highest BCUT2D eigenvalue weighted by Gasteiger charge is 2.14. The average molecular weight is 358 g/mol. The normalized spacial score (nSPS) is 12.8. The largest absolute Gasteiger partial charge is 0.506 e. The van der Waals surface area contributed by atoms with Crippen LogP contribution in [-0.2, 0) is 9.78 Å². The lowest BCUT2D eigenvalue weighted by molar-refractivity contribution is -0.273. The van der Waals surface area contributed by atoms with Crippen LogP contribution in [0.2, 0.25) is 5.02 Å². The zero-order valence-electron chi connectivity index (χ0n) is 8.74. The molecule has 0 saturated heterocycles. The van der Waals surface area contributed by atoms with Crippen LogP contribution < -0.4 is 5.73 Å². The highest BCUT2D eigenvalue weighted by Crippen LogP contribution is 2.32. The van der Waals surface area contributed by atoms with Gasteiger partial charge < -0.3 is 10.8 Å². The van der Waals surface area contributed by atoms with E-state index in [9.17, 15) is 5.11 Å². The molecule has 0 saturated carbocycles. The van der Waals surface area contributed by atoms with E-state index in [0.29, 0.717) is 27.2 Å². The zero-order chi connectivity index (χ0) is 12.1. The Bertz CT molecular complexity index is 362. The minimum atomic E-state index is -0.331. The molecule has 0 fully saturated rings. The number of benzene rings is 1. The molecule has 90 valence electrons. The number of nitrogens with two attached hydrogens (primary N) is 1. The van der Waals surface area contributed by atoms with Gasteiger partial charge in [0.05, 0.1) is 17.3 Å². The summed E-state index contributed by atoms with van der Waals surface area (Å²) in [5.41, 5.74) is 6.54. The zero-order valence-corrected chi connectivity index (χ0v) is 11.7. The van der Waals surface area contributed by atoms with E-state index in [-0.39, 0.29) is 11.8 Å². The summed E-state index contributed by atoms with van der Waals surface area (Å²) >= 11 is 7.91. The summed E-state index contributed by atoms with van der Waals surface area (Å²) in [4.78, 5) is 9.19. The summed E-state index contributed by atoms with van der Waals surface area (Å²) in [5, 5.41) is 10.4. The van der Waals surface area contributed by atoms with Crippen molar-refractivity contribution in [3.63, 3.8) is 0 Å². The average Bonchev–Trinajstić information content (AvgIpc) is 2.23. The first-order valence-electron chi connectivity index (χ1n) is 4.65. The van der Waals surface area contributed by atoms with Gasteiger partial charge in [0.2, 0.25) is 0 Å². The van der Waals surface area contributed by atoms with Gasteiger partial charge in [-0.05, 0) is 41.1 Å². The molecular weight excluding hydrogens is 344 g/mol. The Morgan fingerprint density at radius 1 is 1.56 bits per heavy atom. The Hall–Kier alpha value is -0.0800. The summed E-state index contributed by atoms with van der Waals surface area (Å²) < 4.78 is 0.684. The fourth-order valence-electron chi connectivity index (χ4n) is 1.28. The molecule has 6 heteroatoms. The van der Waals surface area contributed by atoms with Crippen LogP contribution in [0, 0.1) is 3.57 Å². The van der Waals surface area contributed by atoms with Gasteiger partial charge in [0, 0.05) is 16.6 Å². The van der Waals surface area contributed by atoms with Crippen LogP contribution in [0.4, 0.5) is 0 Å². The van der Waals surface area contributed by atoms with Crippen molar-refractivity contribution < 1.29 is 14.9 Å². The van der Waals surface area contributed by atoms with Crippen LogP contribution in [0.1, 0.15) is 18.0 Å². The second kappa shape index (κ2) is 6.61. The summed E-state index contributed by atoms with van der Waals surface area (Å²) in [6.45, 7) is 0.361. The van der Waals surface area contributed by atoms with Gasteiger partial charge in [-0.15, -0.1) is 0 Å². The molecule has 0 radical (unpaired) electrons. The molecule has 0 aliphatic heterocycles. The molecule has 1 rings (SSSR count). The maximum absolute atomic E-state index is 9.83. The minimum absolute atomic E-state index is 0.176. The van der Waals surface area contributed by atoms with Gasteiger partial charge in [-0.25, -0.2) is 9.78 Å². The molecule has 1 atom stereocenters. The van der Waals surface area contributed by atoms with E-state index in [4.69, 9.17) is 22.2 Å². The van der Waals surface area contributed by atoms with Gasteiger partial charge in [-0.1, -0.05) is 11.6 Å². The number of hydrogen-bond acceptors (Lipinski definition) is 4. The van der Waals surface area contributed by atoms with E-state index in [2.05, 4.69) is 4.89 Å². The smallest absolute Gasteiger partial charge is 0.133 e. The predicted octanol–water partition coefficient (Wildman–Crippen LogP) is 2.62. The van der Waals surface area contributed by atoms with Crippen molar-refractivity contribution in [1.29, 1.82) is 0 Å². The van der Waals surface area contributed by atoms with E-state index in [1.165, 1.54) is 7.11 Å². The maximum atomic E-state index is 9.83. The molecule has 0 heterocycles. The van der Waals surface area contributed by atoms with E-state index in [1.807, 2.05) is 22.6 Å². The van der Waals surface area contributed by atoms with Crippen LogP contribution in [0.25, 0.3) is 0 Å². The quantitative estimate of drug-likeness (QED) is 0.368. The number of halogens is 2. The predicted molar refractivity (Wildman–Crippen MR) is 70.3 cm³/mol. The summed E-state index contributed by atoms with van der Waals surface area (Å²) in [5.74, 6) is 0.176.